The maximum absolute atomic E-state index is 10.5. The predicted molar refractivity (Wildman–Crippen MR) is 85.9 cm³/mol. The molecule has 0 aliphatic heterocycles. The van der Waals surface area contributed by atoms with Crippen LogP contribution < -0.4 is 5.73 Å². The Morgan fingerprint density at radius 3 is 2.14 bits per heavy atom. The van der Waals surface area contributed by atoms with E-state index in [0.29, 0.717) is 16.7 Å². The van der Waals surface area contributed by atoms with Crippen molar-refractivity contribution in [2.24, 2.45) is 0 Å². The van der Waals surface area contributed by atoms with Gasteiger partial charge >= 0.3 is 0 Å². The zero-order chi connectivity index (χ0) is 15.5. The van der Waals surface area contributed by atoms with Gasteiger partial charge in [0.25, 0.3) is 5.69 Å². The van der Waals surface area contributed by atoms with Crippen LogP contribution in [0, 0.1) is 10.1 Å². The molecule has 4 aromatic rings. The smallest absolute Gasteiger partial charge is 0.298 e. The molecule has 0 aliphatic rings. The van der Waals surface area contributed by atoms with E-state index in [0.717, 1.165) is 22.8 Å². The number of nitro benzene ring substituents is 1. The Bertz CT molecular complexity index is 951. The van der Waals surface area contributed by atoms with Crippen LogP contribution in [0.2, 0.25) is 0 Å². The van der Waals surface area contributed by atoms with E-state index in [2.05, 4.69) is 17.5 Å². The lowest BCUT2D eigenvalue weighted by Crippen LogP contribution is -1.88. The summed E-state index contributed by atoms with van der Waals surface area (Å²) in [4.78, 5) is 10.0. The van der Waals surface area contributed by atoms with Crippen molar-refractivity contribution in [2.75, 3.05) is 5.73 Å². The Morgan fingerprint density at radius 2 is 1.50 bits per heavy atom. The van der Waals surface area contributed by atoms with E-state index in [4.69, 9.17) is 5.73 Å². The molecule has 10 heteroatoms. The van der Waals surface area contributed by atoms with Gasteiger partial charge in [0, 0.05) is 6.07 Å². The van der Waals surface area contributed by atoms with Crippen LogP contribution >= 0.6 is 23.5 Å². The van der Waals surface area contributed by atoms with Gasteiger partial charge in [0.1, 0.15) is 16.6 Å². The molecule has 2 aromatic carbocycles. The third-order valence-electron chi connectivity index (χ3n) is 2.78. The van der Waals surface area contributed by atoms with E-state index < -0.39 is 4.92 Å². The van der Waals surface area contributed by atoms with Crippen molar-refractivity contribution in [3.05, 3.63) is 46.5 Å². The monoisotopic (exact) mass is 332 g/mol. The van der Waals surface area contributed by atoms with Gasteiger partial charge in [0.2, 0.25) is 0 Å². The van der Waals surface area contributed by atoms with Crippen molar-refractivity contribution in [2.45, 2.75) is 0 Å². The van der Waals surface area contributed by atoms with Gasteiger partial charge in [-0.3, -0.25) is 10.1 Å². The van der Waals surface area contributed by atoms with E-state index in [1.165, 1.54) is 17.8 Å². The SMILES string of the molecule is Nc1cccc2nsnc12.O=[N+]([O-])c1cccc2nsnc12. The Labute approximate surface area is 132 Å². The maximum Gasteiger partial charge on any atom is 0.298 e. The first-order valence-electron chi connectivity index (χ1n) is 5.99. The van der Waals surface area contributed by atoms with Crippen molar-refractivity contribution in [3.63, 3.8) is 0 Å². The summed E-state index contributed by atoms with van der Waals surface area (Å²) in [5.41, 5.74) is 8.96. The molecule has 0 unspecified atom stereocenters. The number of non-ortho nitro benzene ring substituents is 1. The lowest BCUT2D eigenvalue weighted by molar-refractivity contribution is -0.383. The Kier molecular flexibility index (Phi) is 3.85. The number of nitrogen functional groups attached to an aromatic ring is 1. The number of nitro groups is 1. The fourth-order valence-corrected chi connectivity index (χ4v) is 2.87. The highest BCUT2D eigenvalue weighted by atomic mass is 32.1. The number of benzene rings is 2. The maximum atomic E-state index is 10.5. The van der Waals surface area contributed by atoms with Crippen molar-refractivity contribution >= 4 is 56.9 Å². The number of fused-ring (bicyclic) bond motifs is 2. The number of rotatable bonds is 1. The van der Waals surface area contributed by atoms with Crippen molar-refractivity contribution in [1.29, 1.82) is 0 Å². The van der Waals surface area contributed by atoms with Gasteiger partial charge in [-0.15, -0.1) is 0 Å². The highest BCUT2D eigenvalue weighted by Crippen LogP contribution is 2.22. The number of nitrogens with zero attached hydrogens (tertiary/aromatic N) is 5. The summed E-state index contributed by atoms with van der Waals surface area (Å²) in [6, 6.07) is 10.3. The minimum Gasteiger partial charge on any atom is -0.397 e. The van der Waals surface area contributed by atoms with E-state index in [9.17, 15) is 10.1 Å². The topological polar surface area (TPSA) is 121 Å². The van der Waals surface area contributed by atoms with Gasteiger partial charge in [-0.25, -0.2) is 0 Å². The van der Waals surface area contributed by atoms with Crippen LogP contribution in [-0.4, -0.2) is 22.4 Å². The van der Waals surface area contributed by atoms with Gasteiger partial charge < -0.3 is 5.73 Å². The van der Waals surface area contributed by atoms with Crippen molar-refractivity contribution in [3.8, 4) is 0 Å². The van der Waals surface area contributed by atoms with Crippen LogP contribution in [-0.2, 0) is 0 Å². The van der Waals surface area contributed by atoms with Crippen LogP contribution in [0.1, 0.15) is 0 Å². The second-order valence-corrected chi connectivity index (χ2v) is 5.20. The second kappa shape index (κ2) is 5.95. The third kappa shape index (κ3) is 2.69. The minimum atomic E-state index is -0.455. The third-order valence-corrected chi connectivity index (χ3v) is 3.86. The second-order valence-electron chi connectivity index (χ2n) is 4.15. The Hall–Kier alpha value is -2.72. The Balaban J connectivity index is 0.000000133. The molecule has 2 aromatic heterocycles. The van der Waals surface area contributed by atoms with E-state index in [-0.39, 0.29) is 5.69 Å². The van der Waals surface area contributed by atoms with Crippen LogP contribution in [0.25, 0.3) is 22.1 Å². The van der Waals surface area contributed by atoms with Gasteiger partial charge in [0.05, 0.1) is 34.1 Å². The average molecular weight is 332 g/mol. The first kappa shape index (κ1) is 14.2. The fourth-order valence-electron chi connectivity index (χ4n) is 1.77. The standard InChI is InChI=1S/C6H3N3O2S.C6H5N3S/c10-9(11)5-3-1-2-4-6(5)8-12-7-4;7-4-2-1-3-5-6(4)9-10-8-5/h1-3H;1-3H,7H2. The summed E-state index contributed by atoms with van der Waals surface area (Å²) in [5.74, 6) is 0. The minimum absolute atomic E-state index is 0.0150. The molecule has 110 valence electrons. The van der Waals surface area contributed by atoms with E-state index >= 15 is 0 Å². The molecule has 0 saturated heterocycles. The number of nitrogens with two attached hydrogens (primary N) is 1. The summed E-state index contributed by atoms with van der Waals surface area (Å²) in [5, 5.41) is 10.5. The van der Waals surface area contributed by atoms with Crippen molar-refractivity contribution < 1.29 is 4.92 Å². The van der Waals surface area contributed by atoms with Gasteiger partial charge in [-0.1, -0.05) is 12.1 Å². The summed E-state index contributed by atoms with van der Waals surface area (Å²) < 4.78 is 15.8. The summed E-state index contributed by atoms with van der Waals surface area (Å²) in [6.45, 7) is 0. The summed E-state index contributed by atoms with van der Waals surface area (Å²) in [7, 11) is 0. The molecule has 0 fully saturated rings. The van der Waals surface area contributed by atoms with Crippen molar-refractivity contribution in [1.82, 2.24) is 17.5 Å². The van der Waals surface area contributed by atoms with E-state index in [1.807, 2.05) is 18.2 Å². The molecule has 0 amide bonds. The van der Waals surface area contributed by atoms with Crippen LogP contribution in [0.5, 0.6) is 0 Å². The summed E-state index contributed by atoms with van der Waals surface area (Å²) in [6.07, 6.45) is 0. The lowest BCUT2D eigenvalue weighted by atomic mass is 10.3. The molecule has 0 radical (unpaired) electrons. The molecule has 0 spiro atoms. The molecule has 2 heterocycles. The predicted octanol–water partition coefficient (Wildman–Crippen LogP) is 2.87. The molecule has 0 atom stereocenters. The zero-order valence-corrected chi connectivity index (χ0v) is 12.5. The largest absolute Gasteiger partial charge is 0.397 e. The Morgan fingerprint density at radius 1 is 0.909 bits per heavy atom. The first-order valence-corrected chi connectivity index (χ1v) is 7.45. The number of hydrogen-bond acceptors (Lipinski definition) is 9. The highest BCUT2D eigenvalue weighted by molar-refractivity contribution is 7.00. The normalized spacial score (nSPS) is 10.4. The fraction of sp³-hybridized carbons (Fsp3) is 0. The van der Waals surface area contributed by atoms with Crippen LogP contribution in [0.4, 0.5) is 11.4 Å². The summed E-state index contributed by atoms with van der Waals surface area (Å²) >= 11 is 2.17. The molecule has 22 heavy (non-hydrogen) atoms. The van der Waals surface area contributed by atoms with E-state index in [1.54, 1.807) is 12.1 Å². The van der Waals surface area contributed by atoms with Gasteiger partial charge in [-0.2, -0.15) is 17.5 Å². The zero-order valence-electron chi connectivity index (χ0n) is 10.9. The first-order chi connectivity index (χ1) is 10.7. The molecule has 0 bridgehead atoms. The quantitative estimate of drug-likeness (QED) is 0.323. The van der Waals surface area contributed by atoms with Crippen LogP contribution in [0.15, 0.2) is 36.4 Å². The number of aromatic nitrogens is 4. The van der Waals surface area contributed by atoms with Gasteiger partial charge in [-0.05, 0) is 18.2 Å². The number of anilines is 1. The molecule has 8 nitrogen and oxygen atoms in total. The highest BCUT2D eigenvalue weighted by Gasteiger charge is 2.13. The molecule has 0 aliphatic carbocycles. The lowest BCUT2D eigenvalue weighted by Gasteiger charge is -1.89. The molecule has 2 N–H and O–H groups in total. The number of hydrogen-bond donors (Lipinski definition) is 1. The van der Waals surface area contributed by atoms with Crippen LogP contribution in [0.3, 0.4) is 0 Å². The molecular formula is C12H8N6O2S2. The molecule has 4 rings (SSSR count). The molecule has 0 saturated carbocycles. The molecular weight excluding hydrogens is 324 g/mol. The van der Waals surface area contributed by atoms with Gasteiger partial charge in [0.15, 0.2) is 5.52 Å². The average Bonchev–Trinajstić information content (AvgIpc) is 3.16.